The molecule has 1 heterocycles. The molecule has 2 atom stereocenters. The standard InChI is InChI=1S/C14H19N3O3.C2HF3O2/c15-13(19)12(8-9-3-5-10(18)6-4-9)17-14(20)11-2-1-7-16-11;3-2(4,5)1(6)7/h3-6,11-12,16,18H,1-2,7-8H2,(H2,15,19)(H,17,20);(H,6,7)/t11-,12+;/m1./s1. The van der Waals surface area contributed by atoms with Gasteiger partial charge in [0.05, 0.1) is 6.04 Å². The lowest BCUT2D eigenvalue weighted by atomic mass is 10.0. The van der Waals surface area contributed by atoms with E-state index in [9.17, 15) is 27.9 Å². The second-order valence-electron chi connectivity index (χ2n) is 5.83. The van der Waals surface area contributed by atoms with E-state index in [0.29, 0.717) is 6.42 Å². The zero-order valence-corrected chi connectivity index (χ0v) is 14.2. The van der Waals surface area contributed by atoms with Crippen LogP contribution in [0.15, 0.2) is 24.3 Å². The van der Waals surface area contributed by atoms with Crippen LogP contribution < -0.4 is 21.5 Å². The minimum atomic E-state index is -5.19. The average Bonchev–Trinajstić information content (AvgIpc) is 3.10. The number of alkyl halides is 3. The SMILES string of the molecule is O=C([O-])C(F)(F)F.[NH3+]C(=O)[C@H](Cc1ccc(O)cc1)NC(=O)[C@H]1CCCN1. The molecule has 11 heteroatoms. The van der Waals surface area contributed by atoms with Gasteiger partial charge in [-0.1, -0.05) is 12.1 Å². The van der Waals surface area contributed by atoms with Gasteiger partial charge in [-0.3, -0.25) is 10.5 Å². The number of halogens is 3. The van der Waals surface area contributed by atoms with E-state index in [-0.39, 0.29) is 23.6 Å². The average molecular weight is 391 g/mol. The first kappa shape index (κ1) is 22.4. The zero-order valence-electron chi connectivity index (χ0n) is 14.2. The summed E-state index contributed by atoms with van der Waals surface area (Å²) in [7, 11) is 0. The molecule has 2 amide bonds. The molecule has 0 spiro atoms. The Kier molecular flexibility index (Phi) is 8.19. The maximum absolute atomic E-state index is 12.0. The third kappa shape index (κ3) is 8.05. The van der Waals surface area contributed by atoms with Crippen molar-refractivity contribution in [3.63, 3.8) is 0 Å². The van der Waals surface area contributed by atoms with Crippen molar-refractivity contribution in [1.82, 2.24) is 10.6 Å². The molecule has 27 heavy (non-hydrogen) atoms. The quantitative estimate of drug-likeness (QED) is 0.468. The first-order chi connectivity index (χ1) is 12.5. The molecule has 150 valence electrons. The fourth-order valence-electron chi connectivity index (χ4n) is 2.29. The maximum Gasteiger partial charge on any atom is 0.430 e. The van der Waals surface area contributed by atoms with Gasteiger partial charge in [0, 0.05) is 6.42 Å². The number of carboxylic acids is 1. The lowest BCUT2D eigenvalue weighted by molar-refractivity contribution is -0.344. The predicted molar refractivity (Wildman–Crippen MR) is 83.7 cm³/mol. The van der Waals surface area contributed by atoms with Crippen molar-refractivity contribution in [3.05, 3.63) is 29.8 Å². The van der Waals surface area contributed by atoms with Crippen molar-refractivity contribution < 1.29 is 43.5 Å². The number of carboxylic acid groups (broad SMARTS) is 1. The number of amides is 2. The Hall–Kier alpha value is -2.66. The number of nitrogens with one attached hydrogen (secondary N) is 2. The molecular weight excluding hydrogens is 371 g/mol. The number of benzene rings is 1. The number of quaternary nitrogens is 1. The molecule has 0 saturated carbocycles. The predicted octanol–water partition coefficient (Wildman–Crippen LogP) is -1.76. The molecule has 1 fully saturated rings. The van der Waals surface area contributed by atoms with Crippen LogP contribution in [0.4, 0.5) is 13.2 Å². The van der Waals surface area contributed by atoms with Crippen LogP contribution in [0.5, 0.6) is 5.75 Å². The summed E-state index contributed by atoms with van der Waals surface area (Å²) in [5.41, 5.74) is 4.27. The van der Waals surface area contributed by atoms with E-state index in [2.05, 4.69) is 16.4 Å². The minimum absolute atomic E-state index is 0.150. The molecule has 6 N–H and O–H groups in total. The Bertz CT molecular complexity index is 658. The molecule has 1 aromatic carbocycles. The fraction of sp³-hybridized carbons (Fsp3) is 0.438. The van der Waals surface area contributed by atoms with Crippen molar-refractivity contribution in [3.8, 4) is 5.75 Å². The van der Waals surface area contributed by atoms with Crippen molar-refractivity contribution in [2.45, 2.75) is 37.5 Å². The van der Waals surface area contributed by atoms with Crippen molar-refractivity contribution in [2.75, 3.05) is 6.54 Å². The second-order valence-corrected chi connectivity index (χ2v) is 5.83. The number of aromatic hydroxyl groups is 1. The molecular formula is C16H20F3N3O5. The molecule has 1 aliphatic rings. The Morgan fingerprint density at radius 2 is 1.85 bits per heavy atom. The Morgan fingerprint density at radius 1 is 1.30 bits per heavy atom. The number of aliphatic carboxylic acids is 1. The highest BCUT2D eigenvalue weighted by atomic mass is 19.4. The van der Waals surface area contributed by atoms with E-state index < -0.39 is 18.2 Å². The molecule has 0 aromatic heterocycles. The van der Waals surface area contributed by atoms with Crippen LogP contribution in [0, 0.1) is 0 Å². The monoisotopic (exact) mass is 391 g/mol. The molecule has 1 saturated heterocycles. The largest absolute Gasteiger partial charge is 0.542 e. The van der Waals surface area contributed by atoms with E-state index in [1.54, 1.807) is 24.3 Å². The second kappa shape index (κ2) is 9.88. The first-order valence-corrected chi connectivity index (χ1v) is 7.96. The van der Waals surface area contributed by atoms with Gasteiger partial charge in [-0.2, -0.15) is 13.2 Å². The zero-order chi connectivity index (χ0) is 20.6. The van der Waals surface area contributed by atoms with Crippen molar-refractivity contribution in [1.29, 1.82) is 0 Å². The first-order valence-electron chi connectivity index (χ1n) is 7.96. The van der Waals surface area contributed by atoms with E-state index in [4.69, 9.17) is 9.90 Å². The number of phenolic OH excluding ortho intramolecular Hbond substituents is 1. The molecule has 2 rings (SSSR count). The number of hydrogen-bond donors (Lipinski definition) is 4. The van der Waals surface area contributed by atoms with Gasteiger partial charge in [-0.25, -0.2) is 4.79 Å². The van der Waals surface area contributed by atoms with Gasteiger partial charge in [0.2, 0.25) is 5.91 Å². The lowest BCUT2D eigenvalue weighted by Crippen LogP contribution is -2.67. The Morgan fingerprint density at radius 3 is 2.26 bits per heavy atom. The van der Waals surface area contributed by atoms with E-state index >= 15 is 0 Å². The fourth-order valence-corrected chi connectivity index (χ4v) is 2.29. The van der Waals surface area contributed by atoms with Gasteiger partial charge in [0.25, 0.3) is 0 Å². The Balaban J connectivity index is 0.000000445. The number of carbonyl (C=O) groups excluding carboxylic acids is 3. The number of phenols is 1. The van der Waals surface area contributed by atoms with Crippen LogP contribution in [0.25, 0.3) is 0 Å². The maximum atomic E-state index is 12.0. The van der Waals surface area contributed by atoms with Gasteiger partial charge in [0.1, 0.15) is 17.8 Å². The van der Waals surface area contributed by atoms with Gasteiger partial charge in [-0.15, -0.1) is 0 Å². The summed E-state index contributed by atoms with van der Waals surface area (Å²) < 4.78 is 31.5. The van der Waals surface area contributed by atoms with E-state index in [0.717, 1.165) is 24.9 Å². The molecule has 1 aromatic rings. The van der Waals surface area contributed by atoms with E-state index in [1.807, 2.05) is 0 Å². The summed E-state index contributed by atoms with van der Waals surface area (Å²) in [6.45, 7) is 0.832. The molecule has 0 radical (unpaired) electrons. The van der Waals surface area contributed by atoms with Crippen LogP contribution in [-0.2, 0) is 20.8 Å². The number of rotatable bonds is 5. The highest BCUT2D eigenvalue weighted by molar-refractivity contribution is 5.86. The highest BCUT2D eigenvalue weighted by Gasteiger charge is 2.29. The normalized spacial score (nSPS) is 17.4. The Labute approximate surface area is 152 Å². The molecule has 0 bridgehead atoms. The molecule has 0 aliphatic carbocycles. The topological polar surface area (TPSA) is 146 Å². The highest BCUT2D eigenvalue weighted by Crippen LogP contribution is 2.12. The molecule has 8 nitrogen and oxygen atoms in total. The van der Waals surface area contributed by atoms with Crippen LogP contribution in [0.3, 0.4) is 0 Å². The summed E-state index contributed by atoms with van der Waals surface area (Å²) in [5, 5.41) is 23.9. The van der Waals surface area contributed by atoms with Gasteiger partial charge in [0.15, 0.2) is 0 Å². The molecule has 0 unspecified atom stereocenters. The van der Waals surface area contributed by atoms with Gasteiger partial charge in [-0.05, 0) is 37.1 Å². The van der Waals surface area contributed by atoms with Gasteiger partial charge < -0.3 is 25.6 Å². The summed E-state index contributed by atoms with van der Waals surface area (Å²) in [6, 6.07) is 5.73. The summed E-state index contributed by atoms with van der Waals surface area (Å²) in [6.07, 6.45) is -3.05. The van der Waals surface area contributed by atoms with Crippen molar-refractivity contribution >= 4 is 17.8 Å². The van der Waals surface area contributed by atoms with Gasteiger partial charge >= 0.3 is 12.1 Å². The third-order valence-corrected chi connectivity index (χ3v) is 3.69. The summed E-state index contributed by atoms with van der Waals surface area (Å²) in [4.78, 5) is 32.4. The number of carbonyl (C=O) groups is 3. The number of hydrogen-bond acceptors (Lipinski definition) is 6. The summed E-state index contributed by atoms with van der Waals surface area (Å²) in [5.74, 6) is -3.30. The van der Waals surface area contributed by atoms with Crippen LogP contribution >= 0.6 is 0 Å². The van der Waals surface area contributed by atoms with Crippen LogP contribution in [-0.4, -0.2) is 47.7 Å². The van der Waals surface area contributed by atoms with Crippen molar-refractivity contribution in [2.24, 2.45) is 0 Å². The molecule has 1 aliphatic heterocycles. The van der Waals surface area contributed by atoms with Crippen LogP contribution in [0.1, 0.15) is 18.4 Å². The lowest BCUT2D eigenvalue weighted by Gasteiger charge is -2.16. The van der Waals surface area contributed by atoms with E-state index in [1.165, 1.54) is 0 Å². The summed E-state index contributed by atoms with van der Waals surface area (Å²) >= 11 is 0. The van der Waals surface area contributed by atoms with Crippen LogP contribution in [0.2, 0.25) is 0 Å². The third-order valence-electron chi connectivity index (χ3n) is 3.69. The smallest absolute Gasteiger partial charge is 0.430 e. The minimum Gasteiger partial charge on any atom is -0.542 e.